The van der Waals surface area contributed by atoms with Gasteiger partial charge < -0.3 is 15.5 Å². The van der Waals surface area contributed by atoms with Gasteiger partial charge in [-0.15, -0.1) is 0 Å². The second-order valence-electron chi connectivity index (χ2n) is 3.91. The van der Waals surface area contributed by atoms with Crippen molar-refractivity contribution in [2.24, 2.45) is 0 Å². The van der Waals surface area contributed by atoms with E-state index < -0.39 is 45.8 Å². The van der Waals surface area contributed by atoms with E-state index in [1.165, 1.54) is 0 Å². The number of benzene rings is 1. The zero-order chi connectivity index (χ0) is 16.2. The average Bonchev–Trinajstić information content (AvgIpc) is 2.37. The van der Waals surface area contributed by atoms with Gasteiger partial charge in [0.25, 0.3) is 5.91 Å². The van der Waals surface area contributed by atoms with E-state index in [0.717, 1.165) is 0 Å². The van der Waals surface area contributed by atoms with Gasteiger partial charge in [-0.05, 0) is 6.07 Å². The van der Waals surface area contributed by atoms with Crippen molar-refractivity contribution in [2.45, 2.75) is 12.5 Å². The molecule has 0 aliphatic rings. The number of aliphatic carboxylic acids is 1. The molecule has 1 atom stereocenters. The first-order valence-electron chi connectivity index (χ1n) is 5.57. The van der Waals surface area contributed by atoms with Gasteiger partial charge in [-0.2, -0.15) is 4.39 Å². The predicted octanol–water partition coefficient (Wildman–Crippen LogP) is 0.438. The van der Waals surface area contributed by atoms with Crippen LogP contribution in [0, 0.1) is 21.7 Å². The van der Waals surface area contributed by atoms with Crippen LogP contribution in [0.1, 0.15) is 16.8 Å². The van der Waals surface area contributed by atoms with Gasteiger partial charge in [0, 0.05) is 19.0 Å². The van der Waals surface area contributed by atoms with Crippen LogP contribution in [0.3, 0.4) is 0 Å². The number of carbonyl (C=O) groups is 2. The van der Waals surface area contributed by atoms with Crippen LogP contribution in [0.15, 0.2) is 12.1 Å². The average molecular weight is 304 g/mol. The molecule has 0 heterocycles. The molecule has 3 N–H and O–H groups in total. The van der Waals surface area contributed by atoms with E-state index in [0.29, 0.717) is 12.1 Å². The van der Waals surface area contributed by atoms with Crippen LogP contribution in [0.2, 0.25) is 0 Å². The Bertz CT molecular complexity index is 592. The molecule has 0 spiro atoms. The van der Waals surface area contributed by atoms with E-state index in [-0.39, 0.29) is 13.0 Å². The van der Waals surface area contributed by atoms with Crippen molar-refractivity contribution in [1.82, 2.24) is 5.32 Å². The molecule has 0 radical (unpaired) electrons. The molecule has 0 fully saturated rings. The molecule has 1 amide bonds. The molecule has 1 aromatic carbocycles. The highest BCUT2D eigenvalue weighted by atomic mass is 19.1. The number of halogens is 2. The summed E-state index contributed by atoms with van der Waals surface area (Å²) in [5.74, 6) is -5.73. The van der Waals surface area contributed by atoms with Gasteiger partial charge in [0.05, 0.1) is 4.92 Å². The van der Waals surface area contributed by atoms with Crippen molar-refractivity contribution in [3.63, 3.8) is 0 Å². The minimum atomic E-state index is -1.75. The summed E-state index contributed by atoms with van der Waals surface area (Å²) in [5.41, 5.74) is -2.21. The number of carboxylic acid groups (broad SMARTS) is 1. The maximum absolute atomic E-state index is 13.7. The number of hydrogen-bond donors (Lipinski definition) is 3. The number of aliphatic hydroxyl groups is 1. The van der Waals surface area contributed by atoms with E-state index in [1.54, 1.807) is 0 Å². The Kier molecular flexibility index (Phi) is 5.24. The molecular formula is C11H10F2N2O6. The molecule has 0 unspecified atom stereocenters. The van der Waals surface area contributed by atoms with E-state index in [1.807, 2.05) is 5.32 Å². The maximum atomic E-state index is 13.7. The van der Waals surface area contributed by atoms with Crippen LogP contribution in [0.25, 0.3) is 0 Å². The number of nitro groups is 1. The fraction of sp³-hybridized carbons (Fsp3) is 0.273. The molecule has 1 rings (SSSR count). The number of rotatable bonds is 6. The topological polar surface area (TPSA) is 130 Å². The molecule has 0 aliphatic heterocycles. The van der Waals surface area contributed by atoms with Crippen molar-refractivity contribution in [3.8, 4) is 0 Å². The standard InChI is InChI=1S/C11H10F2N2O6/c12-5-1-2-6(15(20)21)9(13)8(5)10(17)14-4-3-7(16)11(18)19/h1-2,7,16H,3-4H2,(H,14,17)(H,18,19)/t7-/m0/s1. The van der Waals surface area contributed by atoms with Crippen molar-refractivity contribution >= 4 is 17.6 Å². The number of amides is 1. The summed E-state index contributed by atoms with van der Waals surface area (Å²) in [7, 11) is 0. The lowest BCUT2D eigenvalue weighted by Crippen LogP contribution is -2.31. The minimum Gasteiger partial charge on any atom is -0.479 e. The Balaban J connectivity index is 2.85. The van der Waals surface area contributed by atoms with Gasteiger partial charge in [0.15, 0.2) is 6.10 Å². The number of nitrogens with zero attached hydrogens (tertiary/aromatic N) is 1. The van der Waals surface area contributed by atoms with Gasteiger partial charge in [0.2, 0.25) is 5.82 Å². The minimum absolute atomic E-state index is 0.381. The van der Waals surface area contributed by atoms with E-state index >= 15 is 0 Å². The van der Waals surface area contributed by atoms with E-state index in [9.17, 15) is 28.5 Å². The SMILES string of the molecule is O=C(NCC[C@H](O)C(=O)O)c1c(F)ccc([N+](=O)[O-])c1F. The molecule has 10 heteroatoms. The zero-order valence-electron chi connectivity index (χ0n) is 10.4. The quantitative estimate of drug-likeness (QED) is 0.516. The highest BCUT2D eigenvalue weighted by Gasteiger charge is 2.26. The number of aliphatic hydroxyl groups excluding tert-OH is 1. The van der Waals surface area contributed by atoms with Gasteiger partial charge in [-0.25, -0.2) is 9.18 Å². The fourth-order valence-electron chi connectivity index (χ4n) is 1.42. The van der Waals surface area contributed by atoms with Crippen molar-refractivity contribution < 1.29 is 33.5 Å². The lowest BCUT2D eigenvalue weighted by molar-refractivity contribution is -0.387. The summed E-state index contributed by atoms with van der Waals surface area (Å²) < 4.78 is 27.1. The normalized spacial score (nSPS) is 11.8. The van der Waals surface area contributed by atoms with E-state index in [2.05, 4.69) is 0 Å². The van der Waals surface area contributed by atoms with Crippen LogP contribution in [0.5, 0.6) is 0 Å². The van der Waals surface area contributed by atoms with Crippen LogP contribution < -0.4 is 5.32 Å². The second-order valence-corrected chi connectivity index (χ2v) is 3.91. The monoisotopic (exact) mass is 304 g/mol. The summed E-state index contributed by atoms with van der Waals surface area (Å²) in [6, 6.07) is 1.15. The summed E-state index contributed by atoms with van der Waals surface area (Å²) in [6.07, 6.45) is -2.13. The first-order chi connectivity index (χ1) is 9.75. The van der Waals surface area contributed by atoms with Crippen molar-refractivity contribution in [1.29, 1.82) is 0 Å². The largest absolute Gasteiger partial charge is 0.479 e. The highest BCUT2D eigenvalue weighted by molar-refractivity contribution is 5.95. The summed E-state index contributed by atoms with van der Waals surface area (Å²) in [5, 5.41) is 29.8. The predicted molar refractivity (Wildman–Crippen MR) is 63.6 cm³/mol. The number of hydrogen-bond acceptors (Lipinski definition) is 5. The summed E-state index contributed by atoms with van der Waals surface area (Å²) >= 11 is 0. The molecule has 0 aromatic heterocycles. The van der Waals surface area contributed by atoms with Crippen LogP contribution in [-0.4, -0.2) is 39.7 Å². The van der Waals surface area contributed by atoms with Crippen LogP contribution >= 0.6 is 0 Å². The molecule has 8 nitrogen and oxygen atoms in total. The highest BCUT2D eigenvalue weighted by Crippen LogP contribution is 2.22. The molecule has 0 bridgehead atoms. The molecule has 1 aromatic rings. The molecule has 0 aliphatic carbocycles. The molecule has 114 valence electrons. The van der Waals surface area contributed by atoms with Gasteiger partial charge in [-0.3, -0.25) is 14.9 Å². The van der Waals surface area contributed by atoms with Crippen molar-refractivity contribution in [3.05, 3.63) is 39.4 Å². The number of carboxylic acids is 1. The van der Waals surface area contributed by atoms with Gasteiger partial charge >= 0.3 is 11.7 Å². The lowest BCUT2D eigenvalue weighted by Gasteiger charge is -2.08. The van der Waals surface area contributed by atoms with Crippen LogP contribution in [0.4, 0.5) is 14.5 Å². The number of nitrogens with one attached hydrogen (secondary N) is 1. The Hall–Kier alpha value is -2.62. The van der Waals surface area contributed by atoms with Gasteiger partial charge in [-0.1, -0.05) is 0 Å². The Morgan fingerprint density at radius 1 is 1.38 bits per heavy atom. The first kappa shape index (κ1) is 16.4. The third kappa shape index (κ3) is 3.92. The smallest absolute Gasteiger partial charge is 0.332 e. The van der Waals surface area contributed by atoms with Gasteiger partial charge in [0.1, 0.15) is 11.4 Å². The molecule has 21 heavy (non-hydrogen) atoms. The Morgan fingerprint density at radius 2 is 2.00 bits per heavy atom. The number of nitro benzene ring substituents is 1. The molecular weight excluding hydrogens is 294 g/mol. The first-order valence-corrected chi connectivity index (χ1v) is 5.57. The summed E-state index contributed by atoms with van der Waals surface area (Å²) in [4.78, 5) is 31.3. The Labute approximate surface area is 116 Å². The fourth-order valence-corrected chi connectivity index (χ4v) is 1.42. The zero-order valence-corrected chi connectivity index (χ0v) is 10.4. The van der Waals surface area contributed by atoms with E-state index in [4.69, 9.17) is 10.2 Å². The third-order valence-corrected chi connectivity index (χ3v) is 2.48. The molecule has 0 saturated heterocycles. The Morgan fingerprint density at radius 3 is 2.52 bits per heavy atom. The van der Waals surface area contributed by atoms with Crippen molar-refractivity contribution in [2.75, 3.05) is 6.54 Å². The summed E-state index contributed by atoms with van der Waals surface area (Å²) in [6.45, 7) is -0.381. The molecule has 0 saturated carbocycles. The third-order valence-electron chi connectivity index (χ3n) is 2.48. The second kappa shape index (κ2) is 6.70. The number of carbonyl (C=O) groups excluding carboxylic acids is 1. The van der Waals surface area contributed by atoms with Crippen LogP contribution in [-0.2, 0) is 4.79 Å². The maximum Gasteiger partial charge on any atom is 0.332 e. The lowest BCUT2D eigenvalue weighted by atomic mass is 10.1.